The molecule has 0 fully saturated rings. The van der Waals surface area contributed by atoms with Crippen molar-refractivity contribution in [2.45, 2.75) is 4.90 Å². The molecule has 0 spiro atoms. The number of pyridine rings is 1. The lowest BCUT2D eigenvalue weighted by Gasteiger charge is -2.09. The average molecular weight is 337 g/mol. The van der Waals surface area contributed by atoms with Gasteiger partial charge in [0, 0.05) is 23.5 Å². The molecule has 24 heavy (non-hydrogen) atoms. The second kappa shape index (κ2) is 7.06. The fraction of sp³-hybridized carbons (Fsp3) is 0. The van der Waals surface area contributed by atoms with Crippen molar-refractivity contribution in [2.75, 3.05) is 0 Å². The zero-order valence-electron chi connectivity index (χ0n) is 12.7. The Balaban J connectivity index is 1.99. The van der Waals surface area contributed by atoms with Crippen molar-refractivity contribution >= 4 is 15.7 Å². The number of benzene rings is 2. The zero-order chi connectivity index (χ0) is 16.8. The number of sulfonamides is 1. The van der Waals surface area contributed by atoms with E-state index in [1.165, 1.54) is 12.1 Å². The van der Waals surface area contributed by atoms with E-state index in [9.17, 15) is 8.42 Å². The van der Waals surface area contributed by atoms with Crippen LogP contribution in [0, 0.1) is 0 Å². The third kappa shape index (κ3) is 3.67. The molecule has 0 saturated carbocycles. The molecule has 0 aliphatic carbocycles. The van der Waals surface area contributed by atoms with Crippen molar-refractivity contribution in [1.29, 1.82) is 0 Å². The largest absolute Gasteiger partial charge is 0.276 e. The number of hydrogen-bond acceptors (Lipinski definition) is 4. The Kier molecular flexibility index (Phi) is 4.67. The second-order valence-electron chi connectivity index (χ2n) is 4.97. The highest BCUT2D eigenvalue weighted by Gasteiger charge is 2.14. The Labute approximate surface area is 140 Å². The first-order valence-corrected chi connectivity index (χ1v) is 8.75. The van der Waals surface area contributed by atoms with Crippen LogP contribution >= 0.6 is 0 Å². The van der Waals surface area contributed by atoms with Crippen LogP contribution in [-0.2, 0) is 10.0 Å². The highest BCUT2D eigenvalue weighted by atomic mass is 32.2. The van der Waals surface area contributed by atoms with Gasteiger partial charge in [-0.05, 0) is 24.3 Å². The maximum absolute atomic E-state index is 12.4. The maximum atomic E-state index is 12.4. The van der Waals surface area contributed by atoms with Crippen molar-refractivity contribution in [3.05, 3.63) is 96.3 Å². The number of nitrogens with zero attached hydrogens (tertiary/aromatic N) is 2. The molecular weight excluding hydrogens is 322 g/mol. The number of hydrogen-bond donors (Lipinski definition) is 1. The summed E-state index contributed by atoms with van der Waals surface area (Å²) in [5.74, 6) is 0. The van der Waals surface area contributed by atoms with E-state index in [2.05, 4.69) is 14.9 Å². The van der Waals surface area contributed by atoms with E-state index < -0.39 is 10.0 Å². The summed E-state index contributed by atoms with van der Waals surface area (Å²) in [6, 6.07) is 21.1. The van der Waals surface area contributed by atoms with E-state index in [1.54, 1.807) is 42.7 Å². The van der Waals surface area contributed by atoms with Crippen LogP contribution in [0.1, 0.15) is 11.1 Å². The molecule has 6 heteroatoms. The molecule has 1 N–H and O–H groups in total. The van der Waals surface area contributed by atoms with Crippen molar-refractivity contribution in [3.8, 4) is 0 Å². The second-order valence-corrected chi connectivity index (χ2v) is 6.63. The van der Waals surface area contributed by atoms with E-state index in [0.29, 0.717) is 5.71 Å². The van der Waals surface area contributed by atoms with Crippen LogP contribution < -0.4 is 4.83 Å². The molecule has 0 aliphatic rings. The van der Waals surface area contributed by atoms with Crippen molar-refractivity contribution in [2.24, 2.45) is 5.10 Å². The van der Waals surface area contributed by atoms with Gasteiger partial charge in [0.1, 0.15) is 0 Å². The molecule has 1 heterocycles. The van der Waals surface area contributed by atoms with Crippen LogP contribution in [0.4, 0.5) is 0 Å². The van der Waals surface area contributed by atoms with Gasteiger partial charge in [0.05, 0.1) is 10.6 Å². The van der Waals surface area contributed by atoms with Gasteiger partial charge in [0.2, 0.25) is 0 Å². The topological polar surface area (TPSA) is 71.4 Å². The van der Waals surface area contributed by atoms with E-state index in [1.807, 2.05) is 30.3 Å². The third-order valence-corrected chi connectivity index (χ3v) is 4.56. The van der Waals surface area contributed by atoms with Crippen LogP contribution in [-0.4, -0.2) is 19.1 Å². The highest BCUT2D eigenvalue weighted by molar-refractivity contribution is 7.89. The van der Waals surface area contributed by atoms with Gasteiger partial charge < -0.3 is 0 Å². The summed E-state index contributed by atoms with van der Waals surface area (Å²) in [6.07, 6.45) is 3.28. The van der Waals surface area contributed by atoms with Crippen molar-refractivity contribution in [1.82, 2.24) is 9.82 Å². The van der Waals surface area contributed by atoms with Crippen molar-refractivity contribution in [3.63, 3.8) is 0 Å². The average Bonchev–Trinajstić information content (AvgIpc) is 2.64. The first-order chi connectivity index (χ1) is 11.7. The van der Waals surface area contributed by atoms with Gasteiger partial charge in [0.25, 0.3) is 10.0 Å². The van der Waals surface area contributed by atoms with Gasteiger partial charge in [-0.25, -0.2) is 0 Å². The molecular formula is C18H15N3O2S. The monoisotopic (exact) mass is 337 g/mol. The summed E-state index contributed by atoms with van der Waals surface area (Å²) in [4.78, 5) is 6.46. The zero-order valence-corrected chi connectivity index (χ0v) is 13.5. The number of hydrazone groups is 1. The lowest BCUT2D eigenvalue weighted by atomic mass is 10.0. The number of rotatable bonds is 5. The summed E-state index contributed by atoms with van der Waals surface area (Å²) < 4.78 is 24.7. The summed E-state index contributed by atoms with van der Waals surface area (Å²) in [5, 5.41) is 4.16. The minimum Gasteiger partial charge on any atom is -0.265 e. The molecule has 5 nitrogen and oxygen atoms in total. The molecule has 2 aromatic carbocycles. The fourth-order valence-electron chi connectivity index (χ4n) is 2.16. The predicted molar refractivity (Wildman–Crippen MR) is 93.1 cm³/mol. The molecule has 0 atom stereocenters. The van der Waals surface area contributed by atoms with Gasteiger partial charge in [-0.15, -0.1) is 0 Å². The van der Waals surface area contributed by atoms with Crippen LogP contribution in [0.5, 0.6) is 0 Å². The molecule has 0 unspecified atom stereocenters. The molecule has 120 valence electrons. The van der Waals surface area contributed by atoms with Gasteiger partial charge in [-0.2, -0.15) is 18.4 Å². The summed E-state index contributed by atoms with van der Waals surface area (Å²) in [6.45, 7) is 0. The molecule has 0 saturated heterocycles. The SMILES string of the molecule is O=S(=O)(N/N=C(/c1ccccc1)c1ccncc1)c1ccccc1. The van der Waals surface area contributed by atoms with Crippen LogP contribution in [0.25, 0.3) is 0 Å². The van der Waals surface area contributed by atoms with Gasteiger partial charge in [0.15, 0.2) is 0 Å². The molecule has 1 aromatic heterocycles. The molecule has 0 radical (unpaired) electrons. The van der Waals surface area contributed by atoms with E-state index in [4.69, 9.17) is 0 Å². The molecule has 0 amide bonds. The standard InChI is InChI=1S/C18H15N3O2S/c22-24(23,17-9-5-2-6-10-17)21-20-18(15-7-3-1-4-8-15)16-11-13-19-14-12-16/h1-14,21H/b20-18-. The Hall–Kier alpha value is -2.99. The molecule has 0 aliphatic heterocycles. The van der Waals surface area contributed by atoms with Gasteiger partial charge in [-0.1, -0.05) is 48.5 Å². The first-order valence-electron chi connectivity index (χ1n) is 7.27. The van der Waals surface area contributed by atoms with Gasteiger partial charge in [-0.3, -0.25) is 4.98 Å². The lowest BCUT2D eigenvalue weighted by molar-refractivity contribution is 0.584. The molecule has 3 rings (SSSR count). The third-order valence-electron chi connectivity index (χ3n) is 3.33. The van der Waals surface area contributed by atoms with E-state index in [0.717, 1.165) is 11.1 Å². The smallest absolute Gasteiger partial charge is 0.265 e. The Bertz CT molecular complexity index is 884. The fourth-order valence-corrected chi connectivity index (χ4v) is 2.99. The maximum Gasteiger partial charge on any atom is 0.276 e. The minimum absolute atomic E-state index is 0.163. The summed E-state index contributed by atoms with van der Waals surface area (Å²) >= 11 is 0. The first kappa shape index (κ1) is 15.9. The minimum atomic E-state index is -3.72. The van der Waals surface area contributed by atoms with E-state index in [-0.39, 0.29) is 4.90 Å². The predicted octanol–water partition coefficient (Wildman–Crippen LogP) is 2.81. The Morgan fingerprint density at radius 2 is 1.33 bits per heavy atom. The Morgan fingerprint density at radius 1 is 0.792 bits per heavy atom. The number of aromatic nitrogens is 1. The van der Waals surface area contributed by atoms with E-state index >= 15 is 0 Å². The van der Waals surface area contributed by atoms with Gasteiger partial charge >= 0.3 is 0 Å². The summed E-state index contributed by atoms with van der Waals surface area (Å²) in [5.41, 5.74) is 2.10. The summed E-state index contributed by atoms with van der Waals surface area (Å²) in [7, 11) is -3.72. The normalized spacial score (nSPS) is 11.9. The molecule has 3 aromatic rings. The Morgan fingerprint density at radius 3 is 1.96 bits per heavy atom. The van der Waals surface area contributed by atoms with Crippen LogP contribution in [0.3, 0.4) is 0 Å². The molecule has 0 bridgehead atoms. The lowest BCUT2D eigenvalue weighted by Crippen LogP contribution is -2.21. The highest BCUT2D eigenvalue weighted by Crippen LogP contribution is 2.12. The quantitative estimate of drug-likeness (QED) is 0.575. The van der Waals surface area contributed by atoms with Crippen molar-refractivity contribution < 1.29 is 8.42 Å². The van der Waals surface area contributed by atoms with Crippen LogP contribution in [0.2, 0.25) is 0 Å². The number of nitrogens with one attached hydrogen (secondary N) is 1. The van der Waals surface area contributed by atoms with Crippen LogP contribution in [0.15, 0.2) is 95.2 Å².